The number of Topliss-reactive ketones (excluding diaryl/α,β-unsaturated/α-hetero) is 1. The quantitative estimate of drug-likeness (QED) is 0.370. The van der Waals surface area contributed by atoms with Crippen LogP contribution in [0.4, 0.5) is 18.9 Å². The molecule has 0 bridgehead atoms. The molecule has 0 heterocycles. The molecule has 0 aromatic heterocycles. The van der Waals surface area contributed by atoms with Gasteiger partial charge in [-0.25, -0.2) is 0 Å². The van der Waals surface area contributed by atoms with Crippen molar-refractivity contribution >= 4 is 29.3 Å². The largest absolute Gasteiger partial charge is 0.456 e. The zero-order valence-corrected chi connectivity index (χ0v) is 18.1. The van der Waals surface area contributed by atoms with Gasteiger partial charge in [0.2, 0.25) is 0 Å². The lowest BCUT2D eigenvalue weighted by molar-refractivity contribution is -0.141. The van der Waals surface area contributed by atoms with Crippen molar-refractivity contribution in [2.75, 3.05) is 18.5 Å². The van der Waals surface area contributed by atoms with Gasteiger partial charge in [-0.15, -0.1) is 0 Å². The van der Waals surface area contributed by atoms with Crippen LogP contribution in [0.5, 0.6) is 0 Å². The Hall–Kier alpha value is -4.47. The van der Waals surface area contributed by atoms with E-state index >= 15 is 0 Å². The van der Waals surface area contributed by atoms with Crippen molar-refractivity contribution in [3.8, 4) is 0 Å². The first-order chi connectivity index (χ1) is 16.6. The molecule has 0 unspecified atom stereocenters. The lowest BCUT2D eigenvalue weighted by Gasteiger charge is -2.09. The van der Waals surface area contributed by atoms with E-state index in [2.05, 4.69) is 10.6 Å². The van der Waals surface area contributed by atoms with Crippen LogP contribution < -0.4 is 10.6 Å². The number of alkyl halides is 3. The van der Waals surface area contributed by atoms with E-state index in [9.17, 15) is 32.3 Å². The van der Waals surface area contributed by atoms with E-state index in [0.29, 0.717) is 11.3 Å². The first-order valence-corrected chi connectivity index (χ1v) is 10.2. The molecule has 10 heteroatoms. The van der Waals surface area contributed by atoms with Gasteiger partial charge in [-0.05, 0) is 60.7 Å². The highest BCUT2D eigenvalue weighted by Crippen LogP contribution is 2.29. The number of amides is 2. The number of nitrogens with one attached hydrogen (secondary N) is 2. The van der Waals surface area contributed by atoms with Crippen molar-refractivity contribution in [3.63, 3.8) is 0 Å². The van der Waals surface area contributed by atoms with Crippen molar-refractivity contribution in [2.45, 2.75) is 6.18 Å². The summed E-state index contributed by atoms with van der Waals surface area (Å²) in [5.41, 5.74) is 0.215. The van der Waals surface area contributed by atoms with E-state index in [1.807, 2.05) is 0 Å². The predicted molar refractivity (Wildman–Crippen MR) is 120 cm³/mol. The van der Waals surface area contributed by atoms with Gasteiger partial charge in [0.1, 0.15) is 6.54 Å². The third-order valence-corrected chi connectivity index (χ3v) is 4.73. The summed E-state index contributed by atoms with van der Waals surface area (Å²) < 4.78 is 42.6. The number of benzene rings is 3. The van der Waals surface area contributed by atoms with Crippen LogP contribution in [0.3, 0.4) is 0 Å². The topological polar surface area (TPSA) is 102 Å². The van der Waals surface area contributed by atoms with E-state index in [4.69, 9.17) is 4.74 Å². The molecule has 2 amide bonds. The van der Waals surface area contributed by atoms with Crippen LogP contribution in [-0.4, -0.2) is 36.7 Å². The molecular formula is C25H19F3N2O5. The van der Waals surface area contributed by atoms with Crippen LogP contribution in [0.2, 0.25) is 0 Å². The molecule has 35 heavy (non-hydrogen) atoms. The number of rotatable bonds is 8. The Morgan fingerprint density at radius 2 is 1.29 bits per heavy atom. The predicted octanol–water partition coefficient (Wildman–Crippen LogP) is 4.11. The number of hydrogen-bond acceptors (Lipinski definition) is 5. The molecule has 0 aliphatic heterocycles. The molecule has 0 fully saturated rings. The fourth-order valence-electron chi connectivity index (χ4n) is 2.88. The number of ether oxygens (including phenoxy) is 1. The van der Waals surface area contributed by atoms with Crippen LogP contribution >= 0.6 is 0 Å². The van der Waals surface area contributed by atoms with Crippen LogP contribution in [0, 0.1) is 0 Å². The maximum atomic E-state index is 12.6. The molecule has 0 spiro atoms. The van der Waals surface area contributed by atoms with Crippen molar-refractivity contribution in [1.29, 1.82) is 0 Å². The summed E-state index contributed by atoms with van der Waals surface area (Å²) >= 11 is 0. The van der Waals surface area contributed by atoms with Gasteiger partial charge in [-0.3, -0.25) is 19.2 Å². The monoisotopic (exact) mass is 484 g/mol. The van der Waals surface area contributed by atoms with Gasteiger partial charge in [-0.1, -0.05) is 18.2 Å². The van der Waals surface area contributed by atoms with E-state index in [1.165, 1.54) is 24.3 Å². The third-order valence-electron chi connectivity index (χ3n) is 4.73. The number of anilines is 1. The maximum absolute atomic E-state index is 12.6. The van der Waals surface area contributed by atoms with E-state index in [0.717, 1.165) is 24.3 Å². The van der Waals surface area contributed by atoms with Crippen LogP contribution in [0.15, 0.2) is 78.9 Å². The number of esters is 1. The Bertz CT molecular complexity index is 1210. The zero-order valence-electron chi connectivity index (χ0n) is 18.1. The highest BCUT2D eigenvalue weighted by Gasteiger charge is 2.30. The molecule has 0 aliphatic carbocycles. The van der Waals surface area contributed by atoms with Crippen LogP contribution in [-0.2, 0) is 15.7 Å². The minimum absolute atomic E-state index is 0.0682. The van der Waals surface area contributed by atoms with Gasteiger partial charge in [0, 0.05) is 22.4 Å². The highest BCUT2D eigenvalue weighted by atomic mass is 19.4. The van der Waals surface area contributed by atoms with Gasteiger partial charge >= 0.3 is 12.1 Å². The highest BCUT2D eigenvalue weighted by molar-refractivity contribution is 6.04. The Morgan fingerprint density at radius 1 is 0.714 bits per heavy atom. The summed E-state index contributed by atoms with van der Waals surface area (Å²) in [6, 6.07) is 18.0. The fourth-order valence-corrected chi connectivity index (χ4v) is 2.88. The summed E-state index contributed by atoms with van der Waals surface area (Å²) in [5, 5.41) is 4.91. The number of carbonyl (C=O) groups excluding carboxylic acids is 4. The maximum Gasteiger partial charge on any atom is 0.416 e. The van der Waals surface area contributed by atoms with E-state index < -0.39 is 42.6 Å². The molecule has 0 radical (unpaired) electrons. The molecule has 0 saturated carbocycles. The summed E-state index contributed by atoms with van der Waals surface area (Å²) in [4.78, 5) is 48.2. The van der Waals surface area contributed by atoms with Gasteiger partial charge in [0.25, 0.3) is 11.8 Å². The van der Waals surface area contributed by atoms with Gasteiger partial charge in [-0.2, -0.15) is 13.2 Å². The van der Waals surface area contributed by atoms with Gasteiger partial charge in [0.05, 0.1) is 5.56 Å². The lowest BCUT2D eigenvalue weighted by Crippen LogP contribution is -2.31. The van der Waals surface area contributed by atoms with E-state index in [-0.39, 0.29) is 17.0 Å². The smallest absolute Gasteiger partial charge is 0.416 e. The molecule has 3 aromatic carbocycles. The molecule has 180 valence electrons. The molecule has 0 atom stereocenters. The number of halogens is 3. The van der Waals surface area contributed by atoms with Crippen molar-refractivity contribution in [3.05, 3.63) is 101 Å². The molecule has 2 N–H and O–H groups in total. The Labute approximate surface area is 197 Å². The second-order valence-electron chi connectivity index (χ2n) is 7.24. The first kappa shape index (κ1) is 25.2. The minimum Gasteiger partial charge on any atom is -0.456 e. The Morgan fingerprint density at radius 3 is 1.89 bits per heavy atom. The lowest BCUT2D eigenvalue weighted by atomic mass is 10.1. The Balaban J connectivity index is 1.43. The number of carbonyl (C=O) groups is 4. The summed E-state index contributed by atoms with van der Waals surface area (Å²) in [6.45, 7) is -1.15. The average molecular weight is 484 g/mol. The summed E-state index contributed by atoms with van der Waals surface area (Å²) in [5.74, 6) is -2.48. The zero-order chi connectivity index (χ0) is 25.4. The fraction of sp³-hybridized carbons (Fsp3) is 0.120. The minimum atomic E-state index is -4.53. The SMILES string of the molecule is O=C(CNC(=O)c1ccc(C(F)(F)F)cc1)OCC(=O)c1ccc(NC(=O)c2ccccc2)cc1. The van der Waals surface area contributed by atoms with Crippen LogP contribution in [0.25, 0.3) is 0 Å². The standard InChI is InChI=1S/C25H19F3N2O5/c26-25(27,28)19-10-6-18(7-11-19)23(33)29-14-22(32)35-15-21(31)16-8-12-20(13-9-16)30-24(34)17-4-2-1-3-5-17/h1-13H,14-15H2,(H,29,33)(H,30,34). The molecular weight excluding hydrogens is 465 g/mol. The second-order valence-corrected chi connectivity index (χ2v) is 7.24. The van der Waals surface area contributed by atoms with Gasteiger partial charge in [0.15, 0.2) is 12.4 Å². The molecule has 0 aliphatic rings. The second kappa shape index (κ2) is 11.1. The van der Waals surface area contributed by atoms with Gasteiger partial charge < -0.3 is 15.4 Å². The van der Waals surface area contributed by atoms with Crippen molar-refractivity contribution in [2.24, 2.45) is 0 Å². The van der Waals surface area contributed by atoms with Crippen molar-refractivity contribution < 1.29 is 37.1 Å². The summed E-state index contributed by atoms with van der Waals surface area (Å²) in [6.07, 6.45) is -4.53. The van der Waals surface area contributed by atoms with Crippen molar-refractivity contribution in [1.82, 2.24) is 5.32 Å². The molecule has 3 aromatic rings. The molecule has 3 rings (SSSR count). The summed E-state index contributed by atoms with van der Waals surface area (Å²) in [7, 11) is 0. The first-order valence-electron chi connectivity index (χ1n) is 10.2. The number of ketones is 1. The number of hydrogen-bond donors (Lipinski definition) is 2. The molecule has 7 nitrogen and oxygen atoms in total. The molecule has 0 saturated heterocycles. The average Bonchev–Trinajstić information content (AvgIpc) is 2.86. The van der Waals surface area contributed by atoms with E-state index in [1.54, 1.807) is 30.3 Å². The third kappa shape index (κ3) is 7.26. The van der Waals surface area contributed by atoms with Crippen LogP contribution in [0.1, 0.15) is 36.6 Å². The Kier molecular flexibility index (Phi) is 7.98. The normalized spacial score (nSPS) is 10.8.